The van der Waals surface area contributed by atoms with Crippen molar-refractivity contribution in [1.82, 2.24) is 10.6 Å². The van der Waals surface area contributed by atoms with Crippen LogP contribution in [0.4, 0.5) is 0 Å². The van der Waals surface area contributed by atoms with Gasteiger partial charge in [0.25, 0.3) is 0 Å². The summed E-state index contributed by atoms with van der Waals surface area (Å²) in [5, 5.41) is 15.0. The van der Waals surface area contributed by atoms with Crippen LogP contribution in [-0.2, 0) is 9.53 Å². The summed E-state index contributed by atoms with van der Waals surface area (Å²) in [5.74, 6) is -0.0489. The summed E-state index contributed by atoms with van der Waals surface area (Å²) in [5.41, 5.74) is -0.184. The van der Waals surface area contributed by atoms with Gasteiger partial charge in [0.2, 0.25) is 5.91 Å². The Morgan fingerprint density at radius 3 is 2.65 bits per heavy atom. The molecule has 0 heterocycles. The molecule has 0 aliphatic carbocycles. The van der Waals surface area contributed by atoms with E-state index in [4.69, 9.17) is 9.84 Å². The Hall–Kier alpha value is -0.650. The first kappa shape index (κ1) is 16.4. The molecule has 0 rings (SSSR count). The van der Waals surface area contributed by atoms with E-state index in [0.29, 0.717) is 13.0 Å². The molecule has 0 saturated heterocycles. The van der Waals surface area contributed by atoms with Crippen molar-refractivity contribution >= 4 is 5.91 Å². The lowest BCUT2D eigenvalue weighted by Crippen LogP contribution is -2.49. The first-order chi connectivity index (χ1) is 7.97. The fraction of sp³-hybridized carbons (Fsp3) is 0.917. The predicted molar refractivity (Wildman–Crippen MR) is 67.9 cm³/mol. The first-order valence-electron chi connectivity index (χ1n) is 6.11. The third-order valence-electron chi connectivity index (χ3n) is 2.94. The van der Waals surface area contributed by atoms with Gasteiger partial charge < -0.3 is 20.5 Å². The molecule has 3 N–H and O–H groups in total. The van der Waals surface area contributed by atoms with Gasteiger partial charge in [-0.05, 0) is 26.7 Å². The van der Waals surface area contributed by atoms with Gasteiger partial charge >= 0.3 is 0 Å². The number of aliphatic hydroxyl groups is 1. The SMILES string of the molecule is CCC(C)(CCO)NCC(=O)NC(C)COC. The number of rotatable bonds is 9. The quantitative estimate of drug-likeness (QED) is 0.546. The van der Waals surface area contributed by atoms with Crippen molar-refractivity contribution in [2.24, 2.45) is 0 Å². The van der Waals surface area contributed by atoms with Gasteiger partial charge in [0.05, 0.1) is 13.2 Å². The Balaban J connectivity index is 3.96. The molecule has 0 radical (unpaired) electrons. The number of ether oxygens (including phenoxy) is 1. The van der Waals surface area contributed by atoms with Crippen LogP contribution in [0.5, 0.6) is 0 Å². The van der Waals surface area contributed by atoms with Gasteiger partial charge in [-0.1, -0.05) is 6.92 Å². The number of carbonyl (C=O) groups is 1. The minimum absolute atomic E-state index is 0.0139. The van der Waals surface area contributed by atoms with Gasteiger partial charge in [0, 0.05) is 25.3 Å². The van der Waals surface area contributed by atoms with Crippen LogP contribution >= 0.6 is 0 Å². The zero-order valence-corrected chi connectivity index (χ0v) is 11.4. The van der Waals surface area contributed by atoms with Crippen LogP contribution in [-0.4, -0.2) is 49.5 Å². The number of nitrogens with one attached hydrogen (secondary N) is 2. The maximum Gasteiger partial charge on any atom is 0.234 e. The minimum Gasteiger partial charge on any atom is -0.396 e. The fourth-order valence-electron chi connectivity index (χ4n) is 1.55. The monoisotopic (exact) mass is 246 g/mol. The predicted octanol–water partition coefficient (Wildman–Crippen LogP) is 0.278. The Kier molecular flexibility index (Phi) is 8.12. The van der Waals surface area contributed by atoms with E-state index in [1.807, 2.05) is 20.8 Å². The Morgan fingerprint density at radius 1 is 1.53 bits per heavy atom. The third-order valence-corrected chi connectivity index (χ3v) is 2.94. The number of hydrogen-bond donors (Lipinski definition) is 3. The fourth-order valence-corrected chi connectivity index (χ4v) is 1.55. The van der Waals surface area contributed by atoms with E-state index in [9.17, 15) is 4.79 Å². The molecular weight excluding hydrogens is 220 g/mol. The van der Waals surface area contributed by atoms with E-state index < -0.39 is 0 Å². The van der Waals surface area contributed by atoms with Crippen LogP contribution in [0.15, 0.2) is 0 Å². The lowest BCUT2D eigenvalue weighted by atomic mass is 9.95. The topological polar surface area (TPSA) is 70.6 Å². The van der Waals surface area contributed by atoms with E-state index in [1.165, 1.54) is 0 Å². The normalized spacial score (nSPS) is 16.3. The molecule has 0 aromatic rings. The summed E-state index contributed by atoms with van der Waals surface area (Å²) in [7, 11) is 1.61. The molecule has 0 bridgehead atoms. The Labute approximate surface area is 104 Å². The van der Waals surface area contributed by atoms with Gasteiger partial charge in [-0.2, -0.15) is 0 Å². The molecule has 0 spiro atoms. The second-order valence-corrected chi connectivity index (χ2v) is 4.67. The Morgan fingerprint density at radius 2 is 2.18 bits per heavy atom. The molecule has 5 heteroatoms. The van der Waals surface area contributed by atoms with Gasteiger partial charge in [0.15, 0.2) is 0 Å². The summed E-state index contributed by atoms with van der Waals surface area (Å²) in [6, 6.07) is 0.0139. The average Bonchev–Trinajstić information content (AvgIpc) is 2.27. The minimum atomic E-state index is -0.184. The molecule has 0 aromatic carbocycles. The number of amides is 1. The molecule has 17 heavy (non-hydrogen) atoms. The lowest BCUT2D eigenvalue weighted by molar-refractivity contribution is -0.121. The lowest BCUT2D eigenvalue weighted by Gasteiger charge is -2.29. The average molecular weight is 246 g/mol. The van der Waals surface area contributed by atoms with Gasteiger partial charge in [-0.25, -0.2) is 0 Å². The molecule has 5 nitrogen and oxygen atoms in total. The largest absolute Gasteiger partial charge is 0.396 e. The van der Waals surface area contributed by atoms with E-state index in [0.717, 1.165) is 6.42 Å². The standard InChI is InChI=1S/C12H26N2O3/c1-5-12(3,6-7-15)13-8-11(16)14-10(2)9-17-4/h10,13,15H,5-9H2,1-4H3,(H,14,16). The molecule has 0 aromatic heterocycles. The van der Waals surface area contributed by atoms with Crippen molar-refractivity contribution in [3.05, 3.63) is 0 Å². The number of hydrogen-bond acceptors (Lipinski definition) is 4. The van der Waals surface area contributed by atoms with E-state index in [2.05, 4.69) is 10.6 Å². The van der Waals surface area contributed by atoms with Crippen LogP contribution < -0.4 is 10.6 Å². The van der Waals surface area contributed by atoms with Gasteiger partial charge in [-0.15, -0.1) is 0 Å². The molecule has 2 atom stereocenters. The molecule has 0 saturated carbocycles. The van der Waals surface area contributed by atoms with Crippen molar-refractivity contribution in [3.8, 4) is 0 Å². The van der Waals surface area contributed by atoms with Gasteiger partial charge in [0.1, 0.15) is 0 Å². The maximum absolute atomic E-state index is 11.6. The second-order valence-electron chi connectivity index (χ2n) is 4.67. The summed E-state index contributed by atoms with van der Waals surface area (Å²) in [4.78, 5) is 11.6. The summed E-state index contributed by atoms with van der Waals surface area (Å²) in [6.45, 7) is 6.84. The highest BCUT2D eigenvalue weighted by Gasteiger charge is 2.21. The zero-order valence-electron chi connectivity index (χ0n) is 11.4. The molecular formula is C12H26N2O3. The smallest absolute Gasteiger partial charge is 0.234 e. The van der Waals surface area contributed by atoms with Crippen molar-refractivity contribution in [1.29, 1.82) is 0 Å². The number of methoxy groups -OCH3 is 1. The number of aliphatic hydroxyl groups excluding tert-OH is 1. The van der Waals surface area contributed by atoms with Gasteiger partial charge in [-0.3, -0.25) is 4.79 Å². The van der Waals surface area contributed by atoms with Crippen molar-refractivity contribution in [3.63, 3.8) is 0 Å². The van der Waals surface area contributed by atoms with E-state index >= 15 is 0 Å². The van der Waals surface area contributed by atoms with Crippen LogP contribution in [0.2, 0.25) is 0 Å². The zero-order chi connectivity index (χ0) is 13.3. The highest BCUT2D eigenvalue weighted by Crippen LogP contribution is 2.12. The molecule has 0 aliphatic rings. The summed E-state index contributed by atoms with van der Waals surface area (Å²) in [6.07, 6.45) is 1.51. The van der Waals surface area contributed by atoms with Crippen LogP contribution in [0.25, 0.3) is 0 Å². The van der Waals surface area contributed by atoms with Crippen molar-refractivity contribution in [2.75, 3.05) is 26.9 Å². The van der Waals surface area contributed by atoms with Crippen molar-refractivity contribution in [2.45, 2.75) is 45.2 Å². The molecule has 1 amide bonds. The van der Waals surface area contributed by atoms with Crippen molar-refractivity contribution < 1.29 is 14.6 Å². The molecule has 102 valence electrons. The van der Waals surface area contributed by atoms with Crippen LogP contribution in [0, 0.1) is 0 Å². The van der Waals surface area contributed by atoms with E-state index in [1.54, 1.807) is 7.11 Å². The highest BCUT2D eigenvalue weighted by molar-refractivity contribution is 5.78. The Bertz CT molecular complexity index is 224. The number of carbonyl (C=O) groups excluding carboxylic acids is 1. The van der Waals surface area contributed by atoms with E-state index in [-0.39, 0.29) is 30.6 Å². The molecule has 2 unspecified atom stereocenters. The molecule has 0 fully saturated rings. The maximum atomic E-state index is 11.6. The summed E-state index contributed by atoms with van der Waals surface area (Å²) >= 11 is 0. The third kappa shape index (κ3) is 7.31. The first-order valence-corrected chi connectivity index (χ1v) is 6.11. The summed E-state index contributed by atoms with van der Waals surface area (Å²) < 4.78 is 4.94. The molecule has 0 aliphatic heterocycles. The second kappa shape index (κ2) is 8.44. The highest BCUT2D eigenvalue weighted by atomic mass is 16.5. The van der Waals surface area contributed by atoms with Crippen LogP contribution in [0.1, 0.15) is 33.6 Å². The van der Waals surface area contributed by atoms with Crippen LogP contribution in [0.3, 0.4) is 0 Å².